The summed E-state index contributed by atoms with van der Waals surface area (Å²) in [5, 5.41) is 11.2. The Morgan fingerprint density at radius 1 is 1.06 bits per heavy atom. The average molecular weight is 420 g/mol. The Balaban J connectivity index is 1.36. The van der Waals surface area contributed by atoms with Gasteiger partial charge in [-0.05, 0) is 42.0 Å². The zero-order chi connectivity index (χ0) is 21.6. The van der Waals surface area contributed by atoms with Crippen molar-refractivity contribution in [3.63, 3.8) is 0 Å². The van der Waals surface area contributed by atoms with Gasteiger partial charge in [0.2, 0.25) is 0 Å². The molecule has 2 aliphatic heterocycles. The second kappa shape index (κ2) is 9.62. The summed E-state index contributed by atoms with van der Waals surface area (Å²) in [7, 11) is 0. The van der Waals surface area contributed by atoms with Crippen LogP contribution in [-0.4, -0.2) is 60.9 Å². The van der Waals surface area contributed by atoms with Crippen LogP contribution in [0.3, 0.4) is 0 Å². The van der Waals surface area contributed by atoms with E-state index in [2.05, 4.69) is 34.2 Å². The fourth-order valence-electron chi connectivity index (χ4n) is 3.57. The van der Waals surface area contributed by atoms with Crippen LogP contribution >= 0.6 is 0 Å². The maximum Gasteiger partial charge on any atom is 0.322 e. The summed E-state index contributed by atoms with van der Waals surface area (Å²) in [6.45, 7) is 4.58. The molecule has 3 amide bonds. The molecule has 160 valence electrons. The number of hydrogen-bond acceptors (Lipinski definition) is 5. The predicted molar refractivity (Wildman–Crippen MR) is 115 cm³/mol. The third-order valence-corrected chi connectivity index (χ3v) is 5.33. The molecule has 0 aromatic heterocycles. The SMILES string of the molecule is O=C(NO)[C@@H]1CN(c2ccc(C#Cc3ccc(CN4CCOCC4)cc3)cc2)C(=O)N1. The highest BCUT2D eigenvalue weighted by Crippen LogP contribution is 2.19. The molecule has 2 saturated heterocycles. The first kappa shape index (κ1) is 20.9. The molecule has 1 atom stereocenters. The van der Waals surface area contributed by atoms with E-state index in [1.807, 2.05) is 24.3 Å². The van der Waals surface area contributed by atoms with Crippen LogP contribution in [0.15, 0.2) is 48.5 Å². The van der Waals surface area contributed by atoms with Gasteiger partial charge in [-0.2, -0.15) is 0 Å². The number of urea groups is 1. The number of hydroxylamine groups is 1. The van der Waals surface area contributed by atoms with Crippen molar-refractivity contribution in [1.82, 2.24) is 15.7 Å². The van der Waals surface area contributed by atoms with E-state index in [1.54, 1.807) is 17.6 Å². The number of ether oxygens (including phenoxy) is 1. The van der Waals surface area contributed by atoms with Crippen molar-refractivity contribution in [2.24, 2.45) is 0 Å². The van der Waals surface area contributed by atoms with Gasteiger partial charge in [-0.15, -0.1) is 0 Å². The minimum atomic E-state index is -0.789. The zero-order valence-electron chi connectivity index (χ0n) is 17.0. The van der Waals surface area contributed by atoms with Gasteiger partial charge in [-0.25, -0.2) is 10.3 Å². The van der Waals surface area contributed by atoms with E-state index in [4.69, 9.17) is 9.94 Å². The molecule has 8 heteroatoms. The Morgan fingerprint density at radius 2 is 1.68 bits per heavy atom. The highest BCUT2D eigenvalue weighted by Gasteiger charge is 2.34. The second-order valence-electron chi connectivity index (χ2n) is 7.47. The zero-order valence-corrected chi connectivity index (χ0v) is 17.0. The number of amides is 3. The van der Waals surface area contributed by atoms with E-state index in [0.29, 0.717) is 5.69 Å². The fraction of sp³-hybridized carbons (Fsp3) is 0.304. The summed E-state index contributed by atoms with van der Waals surface area (Å²) in [4.78, 5) is 27.4. The van der Waals surface area contributed by atoms with E-state index >= 15 is 0 Å². The molecule has 0 spiro atoms. The topological polar surface area (TPSA) is 94.1 Å². The van der Waals surface area contributed by atoms with Crippen molar-refractivity contribution in [3.8, 4) is 11.8 Å². The van der Waals surface area contributed by atoms with Crippen LogP contribution in [0.5, 0.6) is 0 Å². The first-order valence-electron chi connectivity index (χ1n) is 10.2. The fourth-order valence-corrected chi connectivity index (χ4v) is 3.57. The molecule has 2 aromatic rings. The van der Waals surface area contributed by atoms with Crippen LogP contribution in [0, 0.1) is 11.8 Å². The Kier molecular flexibility index (Phi) is 6.48. The summed E-state index contributed by atoms with van der Waals surface area (Å²) in [5.74, 6) is 5.65. The molecule has 8 nitrogen and oxygen atoms in total. The molecular formula is C23H24N4O4. The van der Waals surface area contributed by atoms with E-state index in [9.17, 15) is 9.59 Å². The van der Waals surface area contributed by atoms with Gasteiger partial charge in [0.15, 0.2) is 0 Å². The monoisotopic (exact) mass is 420 g/mol. The van der Waals surface area contributed by atoms with Crippen molar-refractivity contribution >= 4 is 17.6 Å². The Morgan fingerprint density at radius 3 is 2.29 bits per heavy atom. The van der Waals surface area contributed by atoms with E-state index in [-0.39, 0.29) is 12.6 Å². The minimum absolute atomic E-state index is 0.146. The first-order chi connectivity index (χ1) is 15.1. The van der Waals surface area contributed by atoms with E-state index in [0.717, 1.165) is 44.0 Å². The third-order valence-electron chi connectivity index (χ3n) is 5.33. The van der Waals surface area contributed by atoms with Crippen LogP contribution in [0.1, 0.15) is 16.7 Å². The van der Waals surface area contributed by atoms with Crippen LogP contribution < -0.4 is 15.7 Å². The van der Waals surface area contributed by atoms with Gasteiger partial charge in [0, 0.05) is 36.4 Å². The summed E-state index contributed by atoms with van der Waals surface area (Å²) >= 11 is 0. The number of nitrogens with one attached hydrogen (secondary N) is 2. The average Bonchev–Trinajstić information content (AvgIpc) is 3.21. The highest BCUT2D eigenvalue weighted by molar-refractivity contribution is 6.00. The molecule has 31 heavy (non-hydrogen) atoms. The maximum atomic E-state index is 12.1. The number of morpholine rings is 1. The summed E-state index contributed by atoms with van der Waals surface area (Å²) in [6.07, 6.45) is 0. The largest absolute Gasteiger partial charge is 0.379 e. The lowest BCUT2D eigenvalue weighted by atomic mass is 10.1. The van der Waals surface area contributed by atoms with Crippen LogP contribution in [-0.2, 0) is 16.1 Å². The summed E-state index contributed by atoms with van der Waals surface area (Å²) < 4.78 is 5.38. The number of benzene rings is 2. The predicted octanol–water partition coefficient (Wildman–Crippen LogP) is 1.32. The lowest BCUT2D eigenvalue weighted by Crippen LogP contribution is -2.41. The van der Waals surface area contributed by atoms with E-state index in [1.165, 1.54) is 10.5 Å². The van der Waals surface area contributed by atoms with Crippen molar-refractivity contribution in [1.29, 1.82) is 0 Å². The number of hydrogen-bond donors (Lipinski definition) is 3. The van der Waals surface area contributed by atoms with Gasteiger partial charge < -0.3 is 10.1 Å². The Labute approximate surface area is 180 Å². The number of carbonyl (C=O) groups is 2. The molecule has 3 N–H and O–H groups in total. The molecule has 0 unspecified atom stereocenters. The van der Waals surface area contributed by atoms with Crippen LogP contribution in [0.2, 0.25) is 0 Å². The van der Waals surface area contributed by atoms with Gasteiger partial charge in [-0.1, -0.05) is 24.0 Å². The Hall–Kier alpha value is -3.38. The molecule has 0 saturated carbocycles. The molecule has 2 aromatic carbocycles. The Bertz CT molecular complexity index is 989. The second-order valence-corrected chi connectivity index (χ2v) is 7.47. The van der Waals surface area contributed by atoms with E-state index < -0.39 is 11.9 Å². The standard InChI is InChI=1S/C23H24N4O4/c28-22(25-30)21-16-27(23(29)24-21)20-9-7-18(8-10-20)2-1-17-3-5-19(6-4-17)15-26-11-13-31-14-12-26/h3-10,21,30H,11-16H2,(H,24,29)(H,25,28)/t21-/m0/s1. The van der Waals surface area contributed by atoms with Crippen molar-refractivity contribution in [2.45, 2.75) is 12.6 Å². The quantitative estimate of drug-likeness (QED) is 0.394. The number of carbonyl (C=O) groups excluding carboxylic acids is 2. The molecule has 2 heterocycles. The van der Waals surface area contributed by atoms with Crippen molar-refractivity contribution < 1.29 is 19.5 Å². The number of anilines is 1. The van der Waals surface area contributed by atoms with Crippen LogP contribution in [0.25, 0.3) is 0 Å². The first-order valence-corrected chi connectivity index (χ1v) is 10.2. The third kappa shape index (κ3) is 5.22. The van der Waals surface area contributed by atoms with Gasteiger partial charge in [0.1, 0.15) is 6.04 Å². The van der Waals surface area contributed by atoms with Gasteiger partial charge in [0.05, 0.1) is 19.8 Å². The number of nitrogens with zero attached hydrogens (tertiary/aromatic N) is 2. The summed E-state index contributed by atoms with van der Waals surface area (Å²) in [5.41, 5.74) is 5.23. The summed E-state index contributed by atoms with van der Waals surface area (Å²) in [6, 6.07) is 14.3. The molecular weight excluding hydrogens is 396 g/mol. The van der Waals surface area contributed by atoms with Crippen molar-refractivity contribution in [2.75, 3.05) is 37.7 Å². The normalized spacial score (nSPS) is 18.8. The van der Waals surface area contributed by atoms with Crippen LogP contribution in [0.4, 0.5) is 10.5 Å². The smallest absolute Gasteiger partial charge is 0.322 e. The number of rotatable bonds is 4. The lowest BCUT2D eigenvalue weighted by Gasteiger charge is -2.26. The van der Waals surface area contributed by atoms with Gasteiger partial charge >= 0.3 is 6.03 Å². The molecule has 0 radical (unpaired) electrons. The molecule has 2 aliphatic rings. The molecule has 4 rings (SSSR count). The lowest BCUT2D eigenvalue weighted by molar-refractivity contribution is -0.130. The van der Waals surface area contributed by atoms with Gasteiger partial charge in [-0.3, -0.25) is 19.8 Å². The maximum absolute atomic E-state index is 12.1. The minimum Gasteiger partial charge on any atom is -0.379 e. The highest BCUT2D eigenvalue weighted by atomic mass is 16.5. The molecule has 0 aliphatic carbocycles. The van der Waals surface area contributed by atoms with Gasteiger partial charge in [0.25, 0.3) is 5.91 Å². The molecule has 2 fully saturated rings. The van der Waals surface area contributed by atoms with Crippen molar-refractivity contribution in [3.05, 3.63) is 65.2 Å². The molecule has 0 bridgehead atoms.